The number of aromatic nitrogens is 4. The summed E-state index contributed by atoms with van der Waals surface area (Å²) >= 11 is 0. The standard InChI is InChI=1S/C9H11N5/c1-7-9(10)5-13-14(7)6-8-4-11-2-3-12-8/h2-5H,6,10H2,1H3. The van der Waals surface area contributed by atoms with Crippen LogP contribution >= 0.6 is 0 Å². The minimum atomic E-state index is 0.608. The SMILES string of the molecule is Cc1c(N)cnn1Cc1cnccn1. The molecule has 5 heteroatoms. The summed E-state index contributed by atoms with van der Waals surface area (Å²) in [5.41, 5.74) is 8.21. The highest BCUT2D eigenvalue weighted by molar-refractivity contribution is 5.39. The van der Waals surface area contributed by atoms with Gasteiger partial charge in [-0.1, -0.05) is 0 Å². The highest BCUT2D eigenvalue weighted by atomic mass is 15.3. The van der Waals surface area contributed by atoms with Gasteiger partial charge in [0.25, 0.3) is 0 Å². The molecule has 0 radical (unpaired) electrons. The van der Waals surface area contributed by atoms with Crippen molar-refractivity contribution < 1.29 is 0 Å². The van der Waals surface area contributed by atoms with Gasteiger partial charge in [0, 0.05) is 12.4 Å². The van der Waals surface area contributed by atoms with E-state index < -0.39 is 0 Å². The molecule has 0 aliphatic carbocycles. The van der Waals surface area contributed by atoms with Crippen molar-refractivity contribution in [2.24, 2.45) is 0 Å². The second kappa shape index (κ2) is 3.45. The Morgan fingerprint density at radius 2 is 2.21 bits per heavy atom. The Morgan fingerprint density at radius 1 is 1.36 bits per heavy atom. The van der Waals surface area contributed by atoms with Gasteiger partial charge in [0.15, 0.2) is 0 Å². The van der Waals surface area contributed by atoms with E-state index in [9.17, 15) is 0 Å². The highest BCUT2D eigenvalue weighted by Crippen LogP contribution is 2.09. The topological polar surface area (TPSA) is 69.6 Å². The van der Waals surface area contributed by atoms with Crippen molar-refractivity contribution in [3.05, 3.63) is 36.2 Å². The number of nitrogen functional groups attached to an aromatic ring is 1. The largest absolute Gasteiger partial charge is 0.396 e. The molecule has 0 bridgehead atoms. The van der Waals surface area contributed by atoms with Crippen LogP contribution < -0.4 is 5.73 Å². The Labute approximate surface area is 81.6 Å². The van der Waals surface area contributed by atoms with Crippen LogP contribution in [0.25, 0.3) is 0 Å². The molecule has 2 rings (SSSR count). The third-order valence-corrected chi connectivity index (χ3v) is 2.07. The van der Waals surface area contributed by atoms with E-state index >= 15 is 0 Å². The van der Waals surface area contributed by atoms with Crippen LogP contribution in [0.3, 0.4) is 0 Å². The molecule has 0 saturated carbocycles. The summed E-state index contributed by atoms with van der Waals surface area (Å²) in [6, 6.07) is 0. The zero-order chi connectivity index (χ0) is 9.97. The van der Waals surface area contributed by atoms with Crippen molar-refractivity contribution in [1.29, 1.82) is 0 Å². The summed E-state index contributed by atoms with van der Waals surface area (Å²) in [6.45, 7) is 2.54. The summed E-state index contributed by atoms with van der Waals surface area (Å²) in [7, 11) is 0. The Kier molecular flexibility index (Phi) is 2.14. The summed E-state index contributed by atoms with van der Waals surface area (Å²) < 4.78 is 1.80. The van der Waals surface area contributed by atoms with Crippen molar-refractivity contribution >= 4 is 5.69 Å². The first-order valence-electron chi connectivity index (χ1n) is 4.30. The monoisotopic (exact) mass is 189 g/mol. The molecule has 0 fully saturated rings. The summed E-state index contributed by atoms with van der Waals surface area (Å²) in [5.74, 6) is 0. The lowest BCUT2D eigenvalue weighted by atomic mass is 10.4. The molecule has 2 aromatic rings. The van der Waals surface area contributed by atoms with E-state index in [1.165, 1.54) is 0 Å². The molecule has 2 N–H and O–H groups in total. The number of nitrogens with zero attached hydrogens (tertiary/aromatic N) is 4. The zero-order valence-electron chi connectivity index (χ0n) is 7.88. The van der Waals surface area contributed by atoms with Gasteiger partial charge in [0.2, 0.25) is 0 Å². The van der Waals surface area contributed by atoms with Crippen LogP contribution in [0.5, 0.6) is 0 Å². The predicted molar refractivity (Wildman–Crippen MR) is 52.5 cm³/mol. The van der Waals surface area contributed by atoms with Gasteiger partial charge in [0.1, 0.15) is 0 Å². The van der Waals surface area contributed by atoms with Gasteiger partial charge in [-0.25, -0.2) is 0 Å². The average Bonchev–Trinajstić information content (AvgIpc) is 2.52. The lowest BCUT2D eigenvalue weighted by Gasteiger charge is -2.02. The van der Waals surface area contributed by atoms with Crippen molar-refractivity contribution in [2.45, 2.75) is 13.5 Å². The van der Waals surface area contributed by atoms with Crippen molar-refractivity contribution in [3.63, 3.8) is 0 Å². The fourth-order valence-electron chi connectivity index (χ4n) is 1.19. The molecule has 2 heterocycles. The maximum Gasteiger partial charge on any atom is 0.0850 e. The highest BCUT2D eigenvalue weighted by Gasteiger charge is 2.03. The third kappa shape index (κ3) is 1.56. The van der Waals surface area contributed by atoms with Gasteiger partial charge in [-0.05, 0) is 6.92 Å². The molecule has 0 aliphatic rings. The number of hydrogen-bond acceptors (Lipinski definition) is 4. The van der Waals surface area contributed by atoms with Crippen molar-refractivity contribution in [3.8, 4) is 0 Å². The smallest absolute Gasteiger partial charge is 0.0850 e. The van der Waals surface area contributed by atoms with Crippen LogP contribution in [0.4, 0.5) is 5.69 Å². The number of rotatable bonds is 2. The Hall–Kier alpha value is -1.91. The van der Waals surface area contributed by atoms with Crippen LogP contribution in [-0.4, -0.2) is 19.7 Å². The fraction of sp³-hybridized carbons (Fsp3) is 0.222. The minimum Gasteiger partial charge on any atom is -0.396 e. The lowest BCUT2D eigenvalue weighted by Crippen LogP contribution is -2.05. The molecule has 0 atom stereocenters. The Bertz CT molecular complexity index is 420. The third-order valence-electron chi connectivity index (χ3n) is 2.07. The van der Waals surface area contributed by atoms with E-state index in [2.05, 4.69) is 15.1 Å². The van der Waals surface area contributed by atoms with Crippen LogP contribution in [0.1, 0.15) is 11.4 Å². The molecule has 0 amide bonds. The summed E-state index contributed by atoms with van der Waals surface area (Å²) in [5, 5.41) is 4.13. The molecule has 14 heavy (non-hydrogen) atoms. The molecule has 0 aliphatic heterocycles. The molecule has 72 valence electrons. The molecule has 2 aromatic heterocycles. The van der Waals surface area contributed by atoms with Gasteiger partial charge in [-0.15, -0.1) is 0 Å². The van der Waals surface area contributed by atoms with Crippen LogP contribution in [0.2, 0.25) is 0 Å². The molecule has 0 unspecified atom stereocenters. The lowest BCUT2D eigenvalue weighted by molar-refractivity contribution is 0.650. The average molecular weight is 189 g/mol. The predicted octanol–water partition coefficient (Wildman–Crippen LogP) is 0.612. The van der Waals surface area contributed by atoms with Gasteiger partial charge >= 0.3 is 0 Å². The number of anilines is 1. The maximum atomic E-state index is 5.67. The summed E-state index contributed by atoms with van der Waals surface area (Å²) in [6.07, 6.45) is 6.67. The molecule has 0 saturated heterocycles. The quantitative estimate of drug-likeness (QED) is 0.751. The molecular formula is C9H11N5. The van der Waals surface area contributed by atoms with E-state index in [0.717, 1.165) is 11.4 Å². The summed E-state index contributed by atoms with van der Waals surface area (Å²) in [4.78, 5) is 8.14. The van der Waals surface area contributed by atoms with E-state index in [4.69, 9.17) is 5.73 Å². The first kappa shape index (κ1) is 8.68. The number of nitrogens with two attached hydrogens (primary N) is 1. The van der Waals surface area contributed by atoms with Crippen molar-refractivity contribution in [2.75, 3.05) is 5.73 Å². The van der Waals surface area contributed by atoms with Crippen molar-refractivity contribution in [1.82, 2.24) is 19.7 Å². The maximum absolute atomic E-state index is 5.67. The Balaban J connectivity index is 2.23. The van der Waals surface area contributed by atoms with Crippen LogP contribution in [0.15, 0.2) is 24.8 Å². The van der Waals surface area contributed by atoms with Gasteiger partial charge in [-0.3, -0.25) is 14.6 Å². The fourth-order valence-corrected chi connectivity index (χ4v) is 1.19. The van der Waals surface area contributed by atoms with E-state index in [0.29, 0.717) is 12.2 Å². The van der Waals surface area contributed by atoms with E-state index in [-0.39, 0.29) is 0 Å². The molecular weight excluding hydrogens is 178 g/mol. The molecule has 0 aromatic carbocycles. The van der Waals surface area contributed by atoms with E-state index in [1.54, 1.807) is 29.5 Å². The van der Waals surface area contributed by atoms with Crippen LogP contribution in [0, 0.1) is 6.92 Å². The minimum absolute atomic E-state index is 0.608. The first-order chi connectivity index (χ1) is 6.77. The van der Waals surface area contributed by atoms with Gasteiger partial charge < -0.3 is 5.73 Å². The van der Waals surface area contributed by atoms with Gasteiger partial charge in [-0.2, -0.15) is 5.10 Å². The van der Waals surface area contributed by atoms with Gasteiger partial charge in [0.05, 0.1) is 36.0 Å². The zero-order valence-corrected chi connectivity index (χ0v) is 7.88. The molecule has 0 spiro atoms. The Morgan fingerprint density at radius 3 is 2.79 bits per heavy atom. The molecule has 5 nitrogen and oxygen atoms in total. The second-order valence-corrected chi connectivity index (χ2v) is 3.04. The second-order valence-electron chi connectivity index (χ2n) is 3.04. The normalized spacial score (nSPS) is 10.4. The number of hydrogen-bond donors (Lipinski definition) is 1. The first-order valence-corrected chi connectivity index (χ1v) is 4.30. The van der Waals surface area contributed by atoms with Crippen LogP contribution in [-0.2, 0) is 6.54 Å². The van der Waals surface area contributed by atoms with E-state index in [1.807, 2.05) is 6.92 Å².